The van der Waals surface area contributed by atoms with E-state index < -0.39 is 0 Å². The van der Waals surface area contributed by atoms with E-state index in [0.717, 1.165) is 18.4 Å². The summed E-state index contributed by atoms with van der Waals surface area (Å²) >= 11 is 0. The van der Waals surface area contributed by atoms with Crippen LogP contribution in [-0.2, 0) is 6.42 Å². The van der Waals surface area contributed by atoms with Crippen molar-refractivity contribution in [3.63, 3.8) is 0 Å². The number of carbonyl (C=O) groups excluding carboxylic acids is 1. The van der Waals surface area contributed by atoms with E-state index in [9.17, 15) is 9.18 Å². The predicted octanol–water partition coefficient (Wildman–Crippen LogP) is 4.65. The minimum Gasteiger partial charge on any atom is -0.295 e. The van der Waals surface area contributed by atoms with E-state index >= 15 is 0 Å². The van der Waals surface area contributed by atoms with Crippen LogP contribution in [0.15, 0.2) is 42.5 Å². The Bertz CT molecular complexity index is 585. The van der Waals surface area contributed by atoms with Gasteiger partial charge in [0.05, 0.1) is 0 Å². The number of hydrogen-bond donors (Lipinski definition) is 0. The van der Waals surface area contributed by atoms with Crippen LogP contribution in [0, 0.1) is 5.82 Å². The normalized spacial score (nSPS) is 10.5. The van der Waals surface area contributed by atoms with Gasteiger partial charge in [0.25, 0.3) is 0 Å². The van der Waals surface area contributed by atoms with Gasteiger partial charge in [0.15, 0.2) is 5.78 Å². The molecule has 0 saturated carbocycles. The number of halogens is 1. The average Bonchev–Trinajstić information content (AvgIpc) is 2.40. The smallest absolute Gasteiger partial charge is 0.159 e. The van der Waals surface area contributed by atoms with Crippen molar-refractivity contribution < 1.29 is 9.18 Å². The average molecular weight is 256 g/mol. The van der Waals surface area contributed by atoms with Crippen LogP contribution in [0.2, 0.25) is 0 Å². The molecule has 2 heteroatoms. The summed E-state index contributed by atoms with van der Waals surface area (Å²) in [6.45, 7) is 3.62. The highest BCUT2D eigenvalue weighted by atomic mass is 19.1. The summed E-state index contributed by atoms with van der Waals surface area (Å²) in [4.78, 5) is 11.4. The van der Waals surface area contributed by atoms with E-state index in [4.69, 9.17) is 0 Å². The van der Waals surface area contributed by atoms with E-state index in [1.807, 2.05) is 24.3 Å². The van der Waals surface area contributed by atoms with Crippen molar-refractivity contribution in [3.05, 3.63) is 59.4 Å². The van der Waals surface area contributed by atoms with Crippen molar-refractivity contribution in [2.75, 3.05) is 0 Å². The van der Waals surface area contributed by atoms with Gasteiger partial charge < -0.3 is 0 Å². The monoisotopic (exact) mass is 256 g/mol. The van der Waals surface area contributed by atoms with Crippen LogP contribution in [0.5, 0.6) is 0 Å². The van der Waals surface area contributed by atoms with E-state index in [1.165, 1.54) is 24.6 Å². The summed E-state index contributed by atoms with van der Waals surface area (Å²) in [5, 5.41) is 0. The lowest BCUT2D eigenvalue weighted by atomic mass is 9.99. The Morgan fingerprint density at radius 1 is 1.11 bits per heavy atom. The number of aryl methyl sites for hydroxylation is 1. The van der Waals surface area contributed by atoms with Gasteiger partial charge in [-0.05, 0) is 42.7 Å². The Labute approximate surface area is 113 Å². The lowest BCUT2D eigenvalue weighted by Gasteiger charge is -2.07. The molecule has 0 aliphatic carbocycles. The minimum absolute atomic E-state index is 0.0520. The van der Waals surface area contributed by atoms with E-state index in [1.54, 1.807) is 6.07 Å². The van der Waals surface area contributed by atoms with Crippen molar-refractivity contribution in [3.8, 4) is 11.1 Å². The second-order valence-electron chi connectivity index (χ2n) is 4.70. The van der Waals surface area contributed by atoms with Crippen molar-refractivity contribution in [2.45, 2.75) is 26.7 Å². The first-order chi connectivity index (χ1) is 9.11. The number of hydrogen-bond acceptors (Lipinski definition) is 1. The van der Waals surface area contributed by atoms with Crippen molar-refractivity contribution in [1.82, 2.24) is 0 Å². The molecule has 0 N–H and O–H groups in total. The predicted molar refractivity (Wildman–Crippen MR) is 75.8 cm³/mol. The molecule has 0 aliphatic rings. The van der Waals surface area contributed by atoms with E-state index in [-0.39, 0.29) is 11.6 Å². The number of benzene rings is 2. The first-order valence-corrected chi connectivity index (χ1v) is 6.51. The Kier molecular flexibility index (Phi) is 4.10. The zero-order valence-electron chi connectivity index (χ0n) is 11.2. The molecule has 2 rings (SSSR count). The molecule has 0 aromatic heterocycles. The molecule has 0 unspecified atom stereocenters. The first kappa shape index (κ1) is 13.5. The van der Waals surface area contributed by atoms with Crippen LogP contribution in [0.4, 0.5) is 4.39 Å². The molecule has 0 radical (unpaired) electrons. The lowest BCUT2D eigenvalue weighted by molar-refractivity contribution is 0.101. The van der Waals surface area contributed by atoms with Crippen LogP contribution in [-0.4, -0.2) is 5.78 Å². The second-order valence-corrected chi connectivity index (χ2v) is 4.70. The Morgan fingerprint density at radius 2 is 1.79 bits per heavy atom. The van der Waals surface area contributed by atoms with Gasteiger partial charge in [-0.2, -0.15) is 0 Å². The molecule has 0 atom stereocenters. The highest BCUT2D eigenvalue weighted by Gasteiger charge is 2.08. The topological polar surface area (TPSA) is 17.1 Å². The summed E-state index contributed by atoms with van der Waals surface area (Å²) in [5.41, 5.74) is 3.07. The second kappa shape index (κ2) is 5.79. The zero-order valence-corrected chi connectivity index (χ0v) is 11.2. The quantitative estimate of drug-likeness (QED) is 0.728. The van der Waals surface area contributed by atoms with Crippen molar-refractivity contribution >= 4 is 5.78 Å². The van der Waals surface area contributed by atoms with Crippen molar-refractivity contribution in [1.29, 1.82) is 0 Å². The summed E-state index contributed by atoms with van der Waals surface area (Å²) in [6.07, 6.45) is 2.11. The Hall–Kier alpha value is -1.96. The molecule has 2 aromatic carbocycles. The fraction of sp³-hybridized carbons (Fsp3) is 0.235. The van der Waals surface area contributed by atoms with Crippen LogP contribution >= 0.6 is 0 Å². The molecule has 0 saturated heterocycles. The van der Waals surface area contributed by atoms with Crippen LogP contribution < -0.4 is 0 Å². The van der Waals surface area contributed by atoms with Crippen LogP contribution in [0.3, 0.4) is 0 Å². The molecule has 0 aliphatic heterocycles. The molecule has 0 amide bonds. The van der Waals surface area contributed by atoms with Gasteiger partial charge in [0.1, 0.15) is 5.82 Å². The third-order valence-corrected chi connectivity index (χ3v) is 3.18. The van der Waals surface area contributed by atoms with Gasteiger partial charge in [-0.3, -0.25) is 4.79 Å². The van der Waals surface area contributed by atoms with Crippen LogP contribution in [0.1, 0.15) is 36.2 Å². The fourth-order valence-electron chi connectivity index (χ4n) is 2.11. The van der Waals surface area contributed by atoms with Gasteiger partial charge >= 0.3 is 0 Å². The molecule has 0 bridgehead atoms. The SMILES string of the molecule is CCCc1ccc(-c2cc(C(C)=O)ccc2F)cc1. The fourth-order valence-corrected chi connectivity index (χ4v) is 2.11. The Balaban J connectivity index is 2.40. The summed E-state index contributed by atoms with van der Waals surface area (Å²) < 4.78 is 13.9. The van der Waals surface area contributed by atoms with E-state index in [2.05, 4.69) is 6.92 Å². The van der Waals surface area contributed by atoms with Gasteiger partial charge in [0.2, 0.25) is 0 Å². The summed E-state index contributed by atoms with van der Waals surface area (Å²) in [5.74, 6) is -0.350. The molecule has 0 heterocycles. The summed E-state index contributed by atoms with van der Waals surface area (Å²) in [6, 6.07) is 12.3. The number of ketones is 1. The van der Waals surface area contributed by atoms with Gasteiger partial charge in [-0.25, -0.2) is 4.39 Å². The largest absolute Gasteiger partial charge is 0.295 e. The van der Waals surface area contributed by atoms with Gasteiger partial charge in [-0.15, -0.1) is 0 Å². The molecule has 19 heavy (non-hydrogen) atoms. The minimum atomic E-state index is -0.298. The molecule has 2 aromatic rings. The van der Waals surface area contributed by atoms with Gasteiger partial charge in [-0.1, -0.05) is 37.6 Å². The van der Waals surface area contributed by atoms with Crippen LogP contribution in [0.25, 0.3) is 11.1 Å². The Morgan fingerprint density at radius 3 is 2.37 bits per heavy atom. The van der Waals surface area contributed by atoms with E-state index in [0.29, 0.717) is 11.1 Å². The number of Topliss-reactive ketones (excluding diaryl/α,β-unsaturated/α-hetero) is 1. The molecule has 98 valence electrons. The molecular formula is C17H17FO. The summed E-state index contributed by atoms with van der Waals surface area (Å²) in [7, 11) is 0. The maximum absolute atomic E-state index is 13.9. The highest BCUT2D eigenvalue weighted by molar-refractivity contribution is 5.95. The molecule has 0 fully saturated rings. The van der Waals surface area contributed by atoms with Gasteiger partial charge in [0, 0.05) is 11.1 Å². The maximum atomic E-state index is 13.9. The third kappa shape index (κ3) is 3.08. The molecule has 1 nitrogen and oxygen atoms in total. The molecular weight excluding hydrogens is 239 g/mol. The third-order valence-electron chi connectivity index (χ3n) is 3.18. The molecule has 0 spiro atoms. The van der Waals surface area contributed by atoms with Crippen molar-refractivity contribution in [2.24, 2.45) is 0 Å². The standard InChI is InChI=1S/C17H17FO/c1-3-4-13-5-7-14(8-6-13)16-11-15(12(2)19)9-10-17(16)18/h5-11H,3-4H2,1-2H3. The maximum Gasteiger partial charge on any atom is 0.159 e. The number of rotatable bonds is 4. The lowest BCUT2D eigenvalue weighted by Crippen LogP contribution is -1.94. The highest BCUT2D eigenvalue weighted by Crippen LogP contribution is 2.25. The number of carbonyl (C=O) groups is 1. The first-order valence-electron chi connectivity index (χ1n) is 6.51. The zero-order chi connectivity index (χ0) is 13.8.